The molecule has 0 saturated heterocycles. The summed E-state index contributed by atoms with van der Waals surface area (Å²) in [6, 6.07) is 10.1. The van der Waals surface area contributed by atoms with Crippen molar-refractivity contribution in [3.05, 3.63) is 81.7 Å². The Bertz CT molecular complexity index is 1330. The molecule has 0 spiro atoms. The van der Waals surface area contributed by atoms with E-state index in [0.717, 1.165) is 41.8 Å². The summed E-state index contributed by atoms with van der Waals surface area (Å²) in [6.45, 7) is 1.45. The first-order valence-corrected chi connectivity index (χ1v) is 11.6. The van der Waals surface area contributed by atoms with Crippen LogP contribution in [-0.2, 0) is 32.1 Å². The number of nitrogens with one attached hydrogen (secondary N) is 2. The van der Waals surface area contributed by atoms with Crippen LogP contribution in [0.15, 0.2) is 52.7 Å². The highest BCUT2D eigenvalue weighted by Crippen LogP contribution is 2.29. The van der Waals surface area contributed by atoms with Gasteiger partial charge in [-0.2, -0.15) is 28.5 Å². The first-order chi connectivity index (χ1) is 17.3. The standard InChI is InChI=1S/C25H23F3N6O2/c26-25(27,28)18-7-3-15(4-8-18)13-29-23(35)22-19-9-11-34(14-21(19)32-33-22)24(36)17-6-5-16-2-1-10-30-31-20(16)12-17/h3-8,12H,1-2,9-11,13-14H2,(H,29,35)(H,32,33). The number of carbonyl (C=O) groups excluding carboxylic acids is 2. The third kappa shape index (κ3) is 4.86. The van der Waals surface area contributed by atoms with Crippen molar-refractivity contribution in [2.24, 2.45) is 10.2 Å². The number of fused-ring (bicyclic) bond motifs is 2. The summed E-state index contributed by atoms with van der Waals surface area (Å²) >= 11 is 0. The Hall–Kier alpha value is -4.02. The van der Waals surface area contributed by atoms with Gasteiger partial charge in [0.2, 0.25) is 0 Å². The third-order valence-electron chi connectivity index (χ3n) is 6.39. The molecule has 2 amide bonds. The molecule has 2 N–H and O–H groups in total. The first kappa shape index (κ1) is 23.7. The van der Waals surface area contributed by atoms with Crippen LogP contribution in [-0.4, -0.2) is 40.0 Å². The molecule has 0 fully saturated rings. The van der Waals surface area contributed by atoms with E-state index in [-0.39, 0.29) is 24.7 Å². The van der Waals surface area contributed by atoms with Crippen LogP contribution < -0.4 is 5.32 Å². The number of benzene rings is 2. The maximum atomic E-state index is 13.1. The average molecular weight is 496 g/mol. The number of carbonyl (C=O) groups is 2. The van der Waals surface area contributed by atoms with E-state index >= 15 is 0 Å². The lowest BCUT2D eigenvalue weighted by Gasteiger charge is -2.27. The van der Waals surface area contributed by atoms with Gasteiger partial charge in [0, 0.05) is 24.2 Å². The summed E-state index contributed by atoms with van der Waals surface area (Å²) in [6.07, 6.45) is -2.15. The van der Waals surface area contributed by atoms with Crippen LogP contribution in [0.1, 0.15) is 55.2 Å². The lowest BCUT2D eigenvalue weighted by atomic mass is 10.0. The zero-order valence-electron chi connectivity index (χ0n) is 19.2. The van der Waals surface area contributed by atoms with Gasteiger partial charge in [-0.1, -0.05) is 18.2 Å². The lowest BCUT2D eigenvalue weighted by molar-refractivity contribution is -0.137. The fraction of sp³-hybridized carbons (Fsp3) is 0.320. The number of alkyl halides is 3. The van der Waals surface area contributed by atoms with Gasteiger partial charge in [0.25, 0.3) is 11.8 Å². The van der Waals surface area contributed by atoms with Gasteiger partial charge in [-0.25, -0.2) is 0 Å². The molecule has 11 heteroatoms. The summed E-state index contributed by atoms with van der Waals surface area (Å²) in [5.41, 5.74) is 3.79. The summed E-state index contributed by atoms with van der Waals surface area (Å²) < 4.78 is 38.2. The molecule has 3 heterocycles. The van der Waals surface area contributed by atoms with E-state index in [1.807, 2.05) is 12.1 Å². The monoisotopic (exact) mass is 496 g/mol. The predicted molar refractivity (Wildman–Crippen MR) is 124 cm³/mol. The summed E-state index contributed by atoms with van der Waals surface area (Å²) in [5, 5.41) is 18.1. The molecule has 0 unspecified atom stereocenters. The number of azo groups is 1. The van der Waals surface area contributed by atoms with Gasteiger partial charge in [0.15, 0.2) is 5.69 Å². The van der Waals surface area contributed by atoms with Crippen molar-refractivity contribution in [3.63, 3.8) is 0 Å². The molecule has 36 heavy (non-hydrogen) atoms. The molecular formula is C25H23F3N6O2. The molecule has 0 bridgehead atoms. The minimum Gasteiger partial charge on any atom is -0.347 e. The minimum absolute atomic E-state index is 0.0683. The number of aromatic nitrogens is 2. The highest BCUT2D eigenvalue weighted by Gasteiger charge is 2.30. The van der Waals surface area contributed by atoms with Gasteiger partial charge in [0.1, 0.15) is 0 Å². The SMILES string of the molecule is O=C(NCc1ccc(C(F)(F)F)cc1)c1n[nH]c2c1CCN(C(=O)c1ccc3c(c1)N=NCCC3)C2. The first-order valence-electron chi connectivity index (χ1n) is 11.6. The Kier molecular flexibility index (Phi) is 6.29. The zero-order valence-corrected chi connectivity index (χ0v) is 19.2. The Morgan fingerprint density at radius 1 is 1.08 bits per heavy atom. The molecule has 186 valence electrons. The number of aryl methyl sites for hydroxylation is 1. The van der Waals surface area contributed by atoms with E-state index in [2.05, 4.69) is 25.7 Å². The van der Waals surface area contributed by atoms with Crippen molar-refractivity contribution in [1.29, 1.82) is 0 Å². The van der Waals surface area contributed by atoms with Crippen LogP contribution in [0.2, 0.25) is 0 Å². The van der Waals surface area contributed by atoms with E-state index < -0.39 is 17.6 Å². The number of hydrogen-bond donors (Lipinski definition) is 2. The molecule has 0 atom stereocenters. The normalized spacial score (nSPS) is 15.1. The van der Waals surface area contributed by atoms with Crippen LogP contribution in [0.25, 0.3) is 0 Å². The van der Waals surface area contributed by atoms with E-state index in [9.17, 15) is 22.8 Å². The van der Waals surface area contributed by atoms with Gasteiger partial charge < -0.3 is 10.2 Å². The van der Waals surface area contributed by atoms with Crippen molar-refractivity contribution in [2.45, 2.75) is 38.5 Å². The molecule has 2 aliphatic rings. The third-order valence-corrected chi connectivity index (χ3v) is 6.39. The second-order valence-electron chi connectivity index (χ2n) is 8.80. The van der Waals surface area contributed by atoms with E-state index in [4.69, 9.17) is 0 Å². The number of rotatable bonds is 4. The van der Waals surface area contributed by atoms with Crippen LogP contribution in [0.4, 0.5) is 18.9 Å². The zero-order chi connectivity index (χ0) is 25.3. The molecule has 5 rings (SSSR count). The van der Waals surface area contributed by atoms with Gasteiger partial charge >= 0.3 is 6.18 Å². The molecule has 0 radical (unpaired) electrons. The van der Waals surface area contributed by atoms with E-state index in [1.165, 1.54) is 12.1 Å². The van der Waals surface area contributed by atoms with Crippen molar-refractivity contribution in [2.75, 3.05) is 13.1 Å². The highest BCUT2D eigenvalue weighted by molar-refractivity contribution is 5.96. The maximum absolute atomic E-state index is 13.1. The van der Waals surface area contributed by atoms with Crippen molar-refractivity contribution < 1.29 is 22.8 Å². The quantitative estimate of drug-likeness (QED) is 0.552. The van der Waals surface area contributed by atoms with Crippen molar-refractivity contribution in [1.82, 2.24) is 20.4 Å². The molecule has 2 aromatic carbocycles. The van der Waals surface area contributed by atoms with E-state index in [1.54, 1.807) is 11.0 Å². The Labute approximate surface area is 204 Å². The number of halogens is 3. The molecule has 1 aromatic heterocycles. The maximum Gasteiger partial charge on any atom is 0.416 e. The van der Waals surface area contributed by atoms with Crippen molar-refractivity contribution in [3.8, 4) is 0 Å². The molecule has 2 aliphatic heterocycles. The number of hydrogen-bond acceptors (Lipinski definition) is 5. The van der Waals surface area contributed by atoms with Crippen LogP contribution in [0, 0.1) is 0 Å². The fourth-order valence-electron chi connectivity index (χ4n) is 4.41. The Morgan fingerprint density at radius 2 is 1.89 bits per heavy atom. The average Bonchev–Trinajstić information content (AvgIpc) is 3.16. The van der Waals surface area contributed by atoms with Gasteiger partial charge in [-0.3, -0.25) is 14.7 Å². The Balaban J connectivity index is 1.23. The summed E-state index contributed by atoms with van der Waals surface area (Å²) in [5.74, 6) is -0.561. The minimum atomic E-state index is -4.41. The fourth-order valence-corrected chi connectivity index (χ4v) is 4.41. The Morgan fingerprint density at radius 3 is 2.67 bits per heavy atom. The highest BCUT2D eigenvalue weighted by atomic mass is 19.4. The van der Waals surface area contributed by atoms with Gasteiger partial charge in [-0.15, -0.1) is 0 Å². The summed E-state index contributed by atoms with van der Waals surface area (Å²) in [7, 11) is 0. The molecule has 8 nitrogen and oxygen atoms in total. The molecule has 0 aliphatic carbocycles. The molecular weight excluding hydrogens is 473 g/mol. The molecule has 0 saturated carbocycles. The van der Waals surface area contributed by atoms with Crippen molar-refractivity contribution >= 4 is 17.5 Å². The van der Waals surface area contributed by atoms with Crippen LogP contribution >= 0.6 is 0 Å². The lowest BCUT2D eigenvalue weighted by Crippen LogP contribution is -2.36. The number of nitrogens with zero attached hydrogens (tertiary/aromatic N) is 4. The van der Waals surface area contributed by atoms with Crippen LogP contribution in [0.3, 0.4) is 0 Å². The van der Waals surface area contributed by atoms with E-state index in [0.29, 0.717) is 36.3 Å². The summed E-state index contributed by atoms with van der Waals surface area (Å²) in [4.78, 5) is 27.5. The smallest absolute Gasteiger partial charge is 0.347 e. The number of aromatic amines is 1. The second-order valence-corrected chi connectivity index (χ2v) is 8.80. The number of amides is 2. The van der Waals surface area contributed by atoms with Gasteiger partial charge in [-0.05, 0) is 54.7 Å². The second kappa shape index (κ2) is 9.56. The topological polar surface area (TPSA) is 103 Å². The largest absolute Gasteiger partial charge is 0.416 e. The van der Waals surface area contributed by atoms with Gasteiger partial charge in [0.05, 0.1) is 30.0 Å². The van der Waals surface area contributed by atoms with Crippen LogP contribution in [0.5, 0.6) is 0 Å². The predicted octanol–water partition coefficient (Wildman–Crippen LogP) is 4.59. The number of H-pyrrole nitrogens is 1. The molecule has 3 aromatic rings.